The Kier molecular flexibility index (Phi) is 2.89. The summed E-state index contributed by atoms with van der Waals surface area (Å²) in [5.41, 5.74) is 0. The minimum Gasteiger partial charge on any atom is -0.450 e. The molecule has 0 aliphatic rings. The van der Waals surface area contributed by atoms with Gasteiger partial charge in [-0.2, -0.15) is 30.7 Å². The normalized spacial score (nSPS) is 13.9. The molecule has 0 heterocycles. The molecule has 0 radical (unpaired) electrons. The smallest absolute Gasteiger partial charge is 0.450 e. The molecule has 0 aromatic heterocycles. The second kappa shape index (κ2) is 3.17. The van der Waals surface area contributed by atoms with Crippen LogP contribution >= 0.6 is 0 Å². The lowest BCUT2D eigenvalue weighted by Crippen LogP contribution is -2.53. The van der Waals surface area contributed by atoms with Gasteiger partial charge in [0.1, 0.15) is 0 Å². The van der Waals surface area contributed by atoms with Gasteiger partial charge in [-0.15, -0.1) is 0 Å². The van der Waals surface area contributed by atoms with Crippen LogP contribution in [0, 0.1) is 0 Å². The lowest BCUT2D eigenvalue weighted by Gasteiger charge is -2.25. The third-order valence-corrected chi connectivity index (χ3v) is 0.937. The quantitative estimate of drug-likeness (QED) is 0.585. The Labute approximate surface area is 71.1 Å². The van der Waals surface area contributed by atoms with Crippen LogP contribution in [0.1, 0.15) is 0 Å². The highest BCUT2D eigenvalue weighted by Gasteiger charge is 2.76. The first kappa shape index (κ1) is 12.8. The molecule has 0 aromatic carbocycles. The van der Waals surface area contributed by atoms with E-state index < -0.39 is 24.4 Å². The Hall–Kier alpha value is -1.22. The number of carboxylic acid groups (broad SMARTS) is 1. The van der Waals surface area contributed by atoms with Gasteiger partial charge in [-0.1, -0.05) is 0 Å². The lowest BCUT2D eigenvalue weighted by atomic mass is 10.3. The zero-order chi connectivity index (χ0) is 11.8. The number of halogens is 7. The Morgan fingerprint density at radius 2 is 1.36 bits per heavy atom. The fourth-order valence-corrected chi connectivity index (χ4v) is 0.339. The van der Waals surface area contributed by atoms with E-state index in [0.29, 0.717) is 0 Å². The van der Waals surface area contributed by atoms with Gasteiger partial charge in [0, 0.05) is 0 Å². The monoisotopic (exact) mass is 230 g/mol. The number of hydrogen-bond acceptors (Lipinski definition) is 2. The summed E-state index contributed by atoms with van der Waals surface area (Å²) in [6.45, 7) is 0. The van der Waals surface area contributed by atoms with Gasteiger partial charge in [0.2, 0.25) is 0 Å². The maximum atomic E-state index is 11.9. The first-order chi connectivity index (χ1) is 5.92. The van der Waals surface area contributed by atoms with E-state index in [0.717, 1.165) is 0 Å². The highest BCUT2D eigenvalue weighted by atomic mass is 19.4. The highest BCUT2D eigenvalue weighted by Crippen LogP contribution is 2.46. The van der Waals surface area contributed by atoms with Crippen molar-refractivity contribution >= 4 is 6.16 Å². The minimum atomic E-state index is -6.61. The average molecular weight is 230 g/mol. The standard InChI is InChI=1S/C4HF7O3/c5-2(6,3(7,8)9)4(10,11)14-1(12)13/h(H,12,13). The van der Waals surface area contributed by atoms with Crippen LogP contribution < -0.4 is 0 Å². The van der Waals surface area contributed by atoms with Gasteiger partial charge in [0.25, 0.3) is 0 Å². The van der Waals surface area contributed by atoms with Gasteiger partial charge in [-0.3, -0.25) is 0 Å². The molecule has 0 amide bonds. The van der Waals surface area contributed by atoms with E-state index in [1.807, 2.05) is 0 Å². The van der Waals surface area contributed by atoms with Crippen LogP contribution in [0.5, 0.6) is 0 Å². The average Bonchev–Trinajstić information content (AvgIpc) is 1.80. The van der Waals surface area contributed by atoms with E-state index in [9.17, 15) is 35.5 Å². The molecule has 0 saturated heterocycles. The SMILES string of the molecule is O=C(O)OC(F)(F)C(F)(F)C(F)(F)F. The van der Waals surface area contributed by atoms with Crippen LogP contribution in [0.2, 0.25) is 0 Å². The second-order valence-corrected chi connectivity index (χ2v) is 1.96. The summed E-state index contributed by atoms with van der Waals surface area (Å²) in [6.07, 6.45) is -15.7. The summed E-state index contributed by atoms with van der Waals surface area (Å²) in [7, 11) is 0. The van der Waals surface area contributed by atoms with E-state index in [1.54, 1.807) is 0 Å². The van der Waals surface area contributed by atoms with Crippen LogP contribution in [-0.2, 0) is 4.74 Å². The van der Waals surface area contributed by atoms with Gasteiger partial charge in [-0.25, -0.2) is 4.79 Å². The van der Waals surface area contributed by atoms with Crippen molar-refractivity contribution in [3.63, 3.8) is 0 Å². The summed E-state index contributed by atoms with van der Waals surface area (Å²) in [4.78, 5) is 9.39. The summed E-state index contributed by atoms with van der Waals surface area (Å²) >= 11 is 0. The molecule has 0 aromatic rings. The molecular formula is C4HF7O3. The maximum Gasteiger partial charge on any atom is 0.510 e. The van der Waals surface area contributed by atoms with E-state index in [-0.39, 0.29) is 0 Å². The van der Waals surface area contributed by atoms with Crippen molar-refractivity contribution in [2.75, 3.05) is 0 Å². The third-order valence-electron chi connectivity index (χ3n) is 0.937. The molecule has 0 spiro atoms. The number of rotatable bonds is 2. The Morgan fingerprint density at radius 3 is 1.57 bits per heavy atom. The molecule has 3 nitrogen and oxygen atoms in total. The van der Waals surface area contributed by atoms with Crippen molar-refractivity contribution in [2.45, 2.75) is 18.2 Å². The van der Waals surface area contributed by atoms with Gasteiger partial charge in [-0.05, 0) is 0 Å². The fourth-order valence-electron chi connectivity index (χ4n) is 0.339. The van der Waals surface area contributed by atoms with Crippen molar-refractivity contribution < 1.29 is 45.4 Å². The van der Waals surface area contributed by atoms with Crippen molar-refractivity contribution in [1.82, 2.24) is 0 Å². The predicted molar refractivity (Wildman–Crippen MR) is 25.1 cm³/mol. The largest absolute Gasteiger partial charge is 0.510 e. The molecule has 0 rings (SSSR count). The summed E-state index contributed by atoms with van der Waals surface area (Å²) < 4.78 is 83.3. The molecule has 0 bridgehead atoms. The first-order valence-electron chi connectivity index (χ1n) is 2.66. The number of hydrogen-bond donors (Lipinski definition) is 1. The van der Waals surface area contributed by atoms with Crippen molar-refractivity contribution in [3.8, 4) is 0 Å². The molecule has 10 heteroatoms. The highest BCUT2D eigenvalue weighted by molar-refractivity contribution is 5.57. The van der Waals surface area contributed by atoms with Gasteiger partial charge in [0.05, 0.1) is 0 Å². The lowest BCUT2D eigenvalue weighted by molar-refractivity contribution is -0.411. The molecule has 0 unspecified atom stereocenters. The zero-order valence-electron chi connectivity index (χ0n) is 5.91. The first-order valence-corrected chi connectivity index (χ1v) is 2.66. The molecular weight excluding hydrogens is 229 g/mol. The molecule has 84 valence electrons. The van der Waals surface area contributed by atoms with Crippen LogP contribution in [0.4, 0.5) is 35.5 Å². The molecule has 0 saturated carbocycles. The summed E-state index contributed by atoms with van der Waals surface area (Å²) in [5.74, 6) is -6.57. The number of ether oxygens (including phenoxy) is 1. The third kappa shape index (κ3) is 2.17. The van der Waals surface area contributed by atoms with E-state index in [2.05, 4.69) is 4.74 Å². The van der Waals surface area contributed by atoms with Crippen LogP contribution in [-0.4, -0.2) is 29.5 Å². The molecule has 0 fully saturated rings. The van der Waals surface area contributed by atoms with E-state index in [4.69, 9.17) is 5.11 Å². The Balaban J connectivity index is 4.97. The van der Waals surface area contributed by atoms with Gasteiger partial charge >= 0.3 is 24.4 Å². The van der Waals surface area contributed by atoms with Crippen LogP contribution in [0.3, 0.4) is 0 Å². The minimum absolute atomic E-state index is 2.14. The van der Waals surface area contributed by atoms with Crippen LogP contribution in [0.25, 0.3) is 0 Å². The Morgan fingerprint density at radius 1 is 1.00 bits per heavy atom. The Bertz CT molecular complexity index is 232. The van der Waals surface area contributed by atoms with Crippen molar-refractivity contribution in [3.05, 3.63) is 0 Å². The predicted octanol–water partition coefficient (Wildman–Crippen LogP) is 2.47. The number of carbonyl (C=O) groups is 1. The van der Waals surface area contributed by atoms with Gasteiger partial charge < -0.3 is 9.84 Å². The van der Waals surface area contributed by atoms with E-state index >= 15 is 0 Å². The van der Waals surface area contributed by atoms with Crippen molar-refractivity contribution in [2.24, 2.45) is 0 Å². The summed E-state index contributed by atoms with van der Waals surface area (Å²) in [5, 5.41) is 7.48. The molecule has 1 N–H and O–H groups in total. The number of alkyl halides is 7. The second-order valence-electron chi connectivity index (χ2n) is 1.96. The van der Waals surface area contributed by atoms with E-state index in [1.165, 1.54) is 0 Å². The fraction of sp³-hybridized carbons (Fsp3) is 0.750. The summed E-state index contributed by atoms with van der Waals surface area (Å²) in [6, 6.07) is 0. The zero-order valence-corrected chi connectivity index (χ0v) is 5.91. The molecule has 0 atom stereocenters. The van der Waals surface area contributed by atoms with Crippen molar-refractivity contribution in [1.29, 1.82) is 0 Å². The topological polar surface area (TPSA) is 46.5 Å². The van der Waals surface area contributed by atoms with Crippen LogP contribution in [0.15, 0.2) is 0 Å². The molecule has 0 aliphatic carbocycles. The molecule has 0 aliphatic heterocycles. The maximum absolute atomic E-state index is 11.9. The molecule has 14 heavy (non-hydrogen) atoms. The van der Waals surface area contributed by atoms with Gasteiger partial charge in [0.15, 0.2) is 0 Å².